The molecular weight excluding hydrogens is 376 g/mol. The van der Waals surface area contributed by atoms with Crippen LogP contribution < -0.4 is 5.32 Å². The molecule has 0 saturated heterocycles. The third-order valence-corrected chi connectivity index (χ3v) is 5.90. The van der Waals surface area contributed by atoms with Crippen LogP contribution in [0.4, 0.5) is 0 Å². The molecule has 3 heterocycles. The molecule has 1 aromatic carbocycles. The number of amides is 1. The van der Waals surface area contributed by atoms with Crippen LogP contribution in [0.25, 0.3) is 0 Å². The molecule has 1 amide bonds. The van der Waals surface area contributed by atoms with Gasteiger partial charge in [-0.3, -0.25) is 14.7 Å². The van der Waals surface area contributed by atoms with Crippen molar-refractivity contribution in [3.63, 3.8) is 0 Å². The number of nitrogens with one attached hydrogen (secondary N) is 1. The lowest BCUT2D eigenvalue weighted by Crippen LogP contribution is -2.41. The van der Waals surface area contributed by atoms with Crippen LogP contribution in [-0.2, 0) is 13.0 Å². The molecule has 0 bridgehead atoms. The van der Waals surface area contributed by atoms with Crippen molar-refractivity contribution in [2.24, 2.45) is 5.92 Å². The molecule has 7 nitrogen and oxygen atoms in total. The van der Waals surface area contributed by atoms with E-state index >= 15 is 0 Å². The molecule has 1 N–H and O–H groups in total. The highest BCUT2D eigenvalue weighted by molar-refractivity contribution is 5.90. The third-order valence-electron chi connectivity index (χ3n) is 5.90. The van der Waals surface area contributed by atoms with Crippen LogP contribution in [0, 0.1) is 5.92 Å². The quantitative estimate of drug-likeness (QED) is 0.657. The summed E-state index contributed by atoms with van der Waals surface area (Å²) < 4.78 is 2.00. The topological polar surface area (TPSA) is 75.9 Å². The van der Waals surface area contributed by atoms with Crippen molar-refractivity contribution in [3.8, 4) is 0 Å². The van der Waals surface area contributed by atoms with Gasteiger partial charge in [0.25, 0.3) is 5.91 Å². The molecule has 0 radical (unpaired) electrons. The highest BCUT2D eigenvalue weighted by atomic mass is 16.2. The van der Waals surface area contributed by atoms with Crippen molar-refractivity contribution in [2.75, 3.05) is 19.6 Å². The number of fused-ring (bicyclic) bond motifs is 1. The Morgan fingerprint density at radius 2 is 1.87 bits per heavy atom. The summed E-state index contributed by atoms with van der Waals surface area (Å²) in [6, 6.07) is 16.3. The zero-order chi connectivity index (χ0) is 20.3. The number of aromatic nitrogens is 4. The molecule has 2 aromatic heterocycles. The van der Waals surface area contributed by atoms with Gasteiger partial charge in [0.1, 0.15) is 0 Å². The van der Waals surface area contributed by atoms with E-state index in [0.29, 0.717) is 18.8 Å². The SMILES string of the molecule is O=C(NCCc1ccccn1)c1nnc2n1CCN(CC1CC1)C2c1ccccc1. The van der Waals surface area contributed by atoms with Gasteiger partial charge in [0.15, 0.2) is 5.82 Å². The van der Waals surface area contributed by atoms with E-state index in [1.54, 1.807) is 6.20 Å². The largest absolute Gasteiger partial charge is 0.349 e. The summed E-state index contributed by atoms with van der Waals surface area (Å²) in [5.41, 5.74) is 2.16. The van der Waals surface area contributed by atoms with Crippen LogP contribution in [0.2, 0.25) is 0 Å². The molecule has 1 aliphatic heterocycles. The first kappa shape index (κ1) is 18.9. The molecule has 5 rings (SSSR count). The Balaban J connectivity index is 1.34. The first-order valence-corrected chi connectivity index (χ1v) is 10.7. The zero-order valence-electron chi connectivity index (χ0n) is 16.9. The number of nitrogens with zero attached hydrogens (tertiary/aromatic N) is 5. The Labute approximate surface area is 176 Å². The van der Waals surface area contributed by atoms with E-state index in [4.69, 9.17) is 0 Å². The summed E-state index contributed by atoms with van der Waals surface area (Å²) in [6.45, 7) is 3.24. The number of carbonyl (C=O) groups excluding carboxylic acids is 1. The second-order valence-corrected chi connectivity index (χ2v) is 8.11. The number of benzene rings is 1. The molecule has 1 atom stereocenters. The van der Waals surface area contributed by atoms with Crippen molar-refractivity contribution in [3.05, 3.63) is 77.6 Å². The van der Waals surface area contributed by atoms with E-state index in [-0.39, 0.29) is 11.9 Å². The van der Waals surface area contributed by atoms with Gasteiger partial charge in [-0.15, -0.1) is 10.2 Å². The Morgan fingerprint density at radius 1 is 1.03 bits per heavy atom. The van der Waals surface area contributed by atoms with Crippen molar-refractivity contribution in [1.82, 2.24) is 30.0 Å². The standard InChI is InChI=1S/C23H26N6O/c30-23(25-13-11-19-8-4-5-12-24-19)22-27-26-21-20(18-6-2-1-3-7-18)28(14-15-29(21)22)16-17-9-10-17/h1-8,12,17,20H,9-11,13-16H2,(H,25,30). The van der Waals surface area contributed by atoms with Gasteiger partial charge >= 0.3 is 0 Å². The second kappa shape index (κ2) is 8.36. The Bertz CT molecular complexity index is 999. The molecule has 2 aliphatic rings. The lowest BCUT2D eigenvalue weighted by Gasteiger charge is -2.36. The summed E-state index contributed by atoms with van der Waals surface area (Å²) >= 11 is 0. The average Bonchev–Trinajstić information content (AvgIpc) is 3.50. The van der Waals surface area contributed by atoms with E-state index in [1.165, 1.54) is 18.4 Å². The Morgan fingerprint density at radius 3 is 2.63 bits per heavy atom. The van der Waals surface area contributed by atoms with Gasteiger partial charge < -0.3 is 9.88 Å². The number of pyridine rings is 1. The minimum atomic E-state index is -0.174. The van der Waals surface area contributed by atoms with Crippen molar-refractivity contribution < 1.29 is 4.79 Å². The van der Waals surface area contributed by atoms with Crippen LogP contribution in [-0.4, -0.2) is 50.2 Å². The fourth-order valence-electron chi connectivity index (χ4n) is 4.18. The maximum absolute atomic E-state index is 12.8. The lowest BCUT2D eigenvalue weighted by molar-refractivity contribution is 0.0932. The molecule has 1 unspecified atom stereocenters. The van der Waals surface area contributed by atoms with Gasteiger partial charge in [0.05, 0.1) is 6.04 Å². The maximum Gasteiger partial charge on any atom is 0.289 e. The van der Waals surface area contributed by atoms with Crippen molar-refractivity contribution >= 4 is 5.91 Å². The number of carbonyl (C=O) groups is 1. The van der Waals surface area contributed by atoms with E-state index in [2.05, 4.69) is 49.7 Å². The highest BCUT2D eigenvalue weighted by Crippen LogP contribution is 2.36. The van der Waals surface area contributed by atoms with Gasteiger partial charge in [-0.2, -0.15) is 0 Å². The number of hydrogen-bond donors (Lipinski definition) is 1. The van der Waals surface area contributed by atoms with Crippen LogP contribution >= 0.6 is 0 Å². The predicted molar refractivity (Wildman–Crippen MR) is 113 cm³/mol. The van der Waals surface area contributed by atoms with Crippen molar-refractivity contribution in [2.45, 2.75) is 31.8 Å². The minimum absolute atomic E-state index is 0.0446. The predicted octanol–water partition coefficient (Wildman–Crippen LogP) is 2.46. The molecule has 3 aromatic rings. The molecule has 30 heavy (non-hydrogen) atoms. The molecule has 154 valence electrons. The van der Waals surface area contributed by atoms with E-state index in [9.17, 15) is 4.79 Å². The van der Waals surface area contributed by atoms with E-state index < -0.39 is 0 Å². The lowest BCUT2D eigenvalue weighted by atomic mass is 10.0. The van der Waals surface area contributed by atoms with E-state index in [0.717, 1.165) is 37.1 Å². The maximum atomic E-state index is 12.8. The van der Waals surface area contributed by atoms with Crippen LogP contribution in [0.5, 0.6) is 0 Å². The molecule has 0 spiro atoms. The summed E-state index contributed by atoms with van der Waals surface area (Å²) in [5, 5.41) is 11.7. The summed E-state index contributed by atoms with van der Waals surface area (Å²) in [5.74, 6) is 1.88. The van der Waals surface area contributed by atoms with Gasteiger partial charge in [-0.25, -0.2) is 0 Å². The molecule has 1 saturated carbocycles. The van der Waals surface area contributed by atoms with Crippen molar-refractivity contribution in [1.29, 1.82) is 0 Å². The zero-order valence-corrected chi connectivity index (χ0v) is 16.9. The van der Waals surface area contributed by atoms with E-state index in [1.807, 2.05) is 28.8 Å². The second-order valence-electron chi connectivity index (χ2n) is 8.11. The monoisotopic (exact) mass is 402 g/mol. The molecule has 1 aliphatic carbocycles. The average molecular weight is 403 g/mol. The minimum Gasteiger partial charge on any atom is -0.349 e. The van der Waals surface area contributed by atoms with Gasteiger partial charge in [0, 0.05) is 44.5 Å². The molecule has 1 fully saturated rings. The number of hydrogen-bond acceptors (Lipinski definition) is 5. The first-order chi connectivity index (χ1) is 14.8. The summed E-state index contributed by atoms with van der Waals surface area (Å²) in [4.78, 5) is 19.6. The molecule has 7 heteroatoms. The molecular formula is C23H26N6O. The van der Waals surface area contributed by atoms with Gasteiger partial charge in [-0.05, 0) is 36.5 Å². The highest BCUT2D eigenvalue weighted by Gasteiger charge is 2.36. The van der Waals surface area contributed by atoms with Gasteiger partial charge in [-0.1, -0.05) is 36.4 Å². The normalized spacial score (nSPS) is 18.7. The smallest absolute Gasteiger partial charge is 0.289 e. The third kappa shape index (κ3) is 3.98. The van der Waals surface area contributed by atoms with Gasteiger partial charge in [0.2, 0.25) is 5.82 Å². The fourth-order valence-corrected chi connectivity index (χ4v) is 4.18. The van der Waals surface area contributed by atoms with Crippen LogP contribution in [0.3, 0.4) is 0 Å². The Kier molecular flexibility index (Phi) is 5.27. The number of rotatable bonds is 7. The summed E-state index contributed by atoms with van der Waals surface area (Å²) in [6.07, 6.45) is 5.09. The summed E-state index contributed by atoms with van der Waals surface area (Å²) in [7, 11) is 0. The van der Waals surface area contributed by atoms with Crippen LogP contribution in [0.15, 0.2) is 54.7 Å². The Hall–Kier alpha value is -3.06. The fraction of sp³-hybridized carbons (Fsp3) is 0.391. The van der Waals surface area contributed by atoms with Crippen LogP contribution in [0.1, 0.15) is 46.6 Å². The first-order valence-electron chi connectivity index (χ1n) is 10.7.